The summed E-state index contributed by atoms with van der Waals surface area (Å²) in [5.74, 6) is 0. The smallest absolute Gasteiger partial charge is 0.145 e. The maximum Gasteiger partial charge on any atom is 0.145 e. The molecule has 42 heavy (non-hydrogen) atoms. The van der Waals surface area contributed by atoms with E-state index in [2.05, 4.69) is 70.6 Å². The molecule has 0 amide bonds. The van der Waals surface area contributed by atoms with Crippen LogP contribution in [0.1, 0.15) is 24.0 Å². The Labute approximate surface area is 293 Å². The fourth-order valence-corrected chi connectivity index (χ4v) is 5.00. The minimum Gasteiger partial charge on any atom is -0.787 e. The number of hydrazone groups is 2. The van der Waals surface area contributed by atoms with E-state index in [1.54, 1.807) is 0 Å². The van der Waals surface area contributed by atoms with E-state index in [0.717, 1.165) is 24.0 Å². The van der Waals surface area contributed by atoms with Gasteiger partial charge in [-0.2, -0.15) is 0 Å². The van der Waals surface area contributed by atoms with Crippen LogP contribution in [0.3, 0.4) is 0 Å². The average molecular weight is 715 g/mol. The van der Waals surface area contributed by atoms with E-state index in [-0.39, 0.29) is 8.75 Å². The van der Waals surface area contributed by atoms with Crippen molar-refractivity contribution in [2.24, 2.45) is 10.2 Å². The molecule has 0 fully saturated rings. The van der Waals surface area contributed by atoms with Gasteiger partial charge in [0.05, 0.1) is 13.1 Å². The lowest BCUT2D eigenvalue weighted by molar-refractivity contribution is 0.174. The third-order valence-electron chi connectivity index (χ3n) is 5.69. The van der Waals surface area contributed by atoms with Crippen molar-refractivity contribution in [2.75, 3.05) is 39.3 Å². The standard InChI is InChI=1S/C26H38N8S8/c35-23(36)27-31(13-7-15-33(29-25(39)40)19-21-9-3-1-4-10-21)17-18-32(28-24(37)38)14-8-16-34(30-26(41)42)20-22-11-5-2-6-12-22/h1-6,9-12H,7-8,13-20H2,(H2,27,35,36)(H2,28,37,38)(H2,29,39,40)(H2,30,41,42)/p-4. The minimum absolute atomic E-state index is 0.151. The third-order valence-corrected chi connectivity index (χ3v) is 6.40. The molecule has 2 aromatic rings. The van der Waals surface area contributed by atoms with Crippen molar-refractivity contribution < 1.29 is 0 Å². The van der Waals surface area contributed by atoms with Crippen LogP contribution in [-0.4, -0.2) is 76.7 Å². The van der Waals surface area contributed by atoms with E-state index in [9.17, 15) is 0 Å². The maximum absolute atomic E-state index is 5.16. The van der Waals surface area contributed by atoms with Crippen molar-refractivity contribution in [1.82, 2.24) is 30.9 Å². The Kier molecular flexibility index (Phi) is 18.8. The van der Waals surface area contributed by atoms with Gasteiger partial charge >= 0.3 is 0 Å². The summed E-state index contributed by atoms with van der Waals surface area (Å²) in [5.41, 5.74) is 8.59. The zero-order chi connectivity index (χ0) is 30.7. The van der Waals surface area contributed by atoms with Crippen molar-refractivity contribution >= 4 is 118 Å². The Morgan fingerprint density at radius 3 is 1.26 bits per heavy atom. The van der Waals surface area contributed by atoms with Gasteiger partial charge in [-0.05, 0) is 24.0 Å². The summed E-state index contributed by atoms with van der Waals surface area (Å²) >= 11 is 39.2. The average Bonchev–Trinajstić information content (AvgIpc) is 2.91. The number of nitrogens with one attached hydrogen (secondary N) is 2. The summed E-state index contributed by atoms with van der Waals surface area (Å²) in [5, 5.41) is 16.6. The normalized spacial score (nSPS) is 10.7. The van der Waals surface area contributed by atoms with Crippen molar-refractivity contribution in [1.29, 1.82) is 0 Å². The molecule has 230 valence electrons. The molecule has 0 saturated carbocycles. The maximum atomic E-state index is 5.16. The molecule has 0 aliphatic rings. The van der Waals surface area contributed by atoms with Crippen LogP contribution in [0.5, 0.6) is 0 Å². The summed E-state index contributed by atoms with van der Waals surface area (Å²) in [7, 11) is 0. The Bertz CT molecular complexity index is 1040. The molecular formula is C26H34N8S8-4. The summed E-state index contributed by atoms with van der Waals surface area (Å²) in [6, 6.07) is 20.3. The van der Waals surface area contributed by atoms with Crippen LogP contribution >= 0.6 is 49.7 Å². The molecule has 0 aliphatic carbocycles. The second-order valence-electron chi connectivity index (χ2n) is 8.99. The molecule has 0 saturated heterocycles. The summed E-state index contributed by atoms with van der Waals surface area (Å²) in [6.07, 6.45) is 1.55. The fraction of sp³-hybridized carbons (Fsp3) is 0.385. The van der Waals surface area contributed by atoms with E-state index < -0.39 is 0 Å². The van der Waals surface area contributed by atoms with Crippen LogP contribution in [-0.2, 0) is 63.6 Å². The summed E-state index contributed by atoms with van der Waals surface area (Å²) in [6.45, 7) is 5.10. The zero-order valence-corrected chi connectivity index (χ0v) is 29.6. The quantitative estimate of drug-likeness (QED) is 0.0431. The highest BCUT2D eigenvalue weighted by Gasteiger charge is 2.11. The molecule has 16 heteroatoms. The van der Waals surface area contributed by atoms with Gasteiger partial charge in [0.15, 0.2) is 0 Å². The number of hydrazine groups is 2. The highest BCUT2D eigenvalue weighted by atomic mass is 32.2. The van der Waals surface area contributed by atoms with Crippen LogP contribution < -0.4 is 10.9 Å². The summed E-state index contributed by atoms with van der Waals surface area (Å²) in [4.78, 5) is 0. The molecule has 0 aliphatic heterocycles. The van der Waals surface area contributed by atoms with Crippen molar-refractivity contribution in [3.05, 3.63) is 71.8 Å². The second-order valence-corrected chi connectivity index (χ2v) is 13.4. The highest BCUT2D eigenvalue weighted by molar-refractivity contribution is 8.11. The van der Waals surface area contributed by atoms with Gasteiger partial charge in [-0.3, -0.25) is 10.0 Å². The summed E-state index contributed by atoms with van der Waals surface area (Å²) < 4.78 is 1.12. The molecule has 8 nitrogen and oxygen atoms in total. The van der Waals surface area contributed by atoms with Crippen LogP contribution in [0.15, 0.2) is 70.9 Å². The van der Waals surface area contributed by atoms with Crippen LogP contribution in [0.4, 0.5) is 0 Å². The molecule has 0 heterocycles. The number of thiocarbonyl (C=S) groups is 2. The molecular weight excluding hydrogens is 681 g/mol. The van der Waals surface area contributed by atoms with Crippen LogP contribution in [0.25, 0.3) is 0 Å². The van der Waals surface area contributed by atoms with Crippen LogP contribution in [0.2, 0.25) is 0 Å². The Balaban J connectivity index is 1.94. The van der Waals surface area contributed by atoms with E-state index in [4.69, 9.17) is 75.0 Å². The first-order valence-corrected chi connectivity index (χ1v) is 16.4. The first-order valence-electron chi connectivity index (χ1n) is 13.0. The van der Waals surface area contributed by atoms with Gasteiger partial charge in [0.25, 0.3) is 0 Å². The molecule has 0 unspecified atom stereocenters. The lowest BCUT2D eigenvalue weighted by atomic mass is 10.2. The largest absolute Gasteiger partial charge is 0.787 e. The van der Waals surface area contributed by atoms with Gasteiger partial charge in [0.2, 0.25) is 0 Å². The third kappa shape index (κ3) is 17.7. The Morgan fingerprint density at radius 2 is 0.952 bits per heavy atom. The van der Waals surface area contributed by atoms with Crippen molar-refractivity contribution in [3.63, 3.8) is 0 Å². The second kappa shape index (κ2) is 21.4. The fourth-order valence-electron chi connectivity index (χ4n) is 4.00. The number of hydrogen-bond donors (Lipinski definition) is 4. The van der Waals surface area contributed by atoms with Gasteiger partial charge in [0.1, 0.15) is 8.64 Å². The monoisotopic (exact) mass is 714 g/mol. The predicted octanol–water partition coefficient (Wildman–Crippen LogP) is 3.54. The Hall–Kier alpha value is -1.34. The number of hydrogen-bond acceptors (Lipinski definition) is 12. The first-order chi connectivity index (χ1) is 20.1. The SMILES string of the molecule is S=C(S)NN(CCCN(CCN(CCCN(Cc1ccccc1)NC(=S)S)N=C([S-])[S-])N=C([S-])[S-])Cc1ccccc1. The van der Waals surface area contributed by atoms with E-state index >= 15 is 0 Å². The Morgan fingerprint density at radius 1 is 0.595 bits per heavy atom. The topological polar surface area (TPSA) is 61.7 Å². The number of rotatable bonds is 19. The first kappa shape index (κ1) is 36.8. The van der Waals surface area contributed by atoms with E-state index in [1.165, 1.54) is 0 Å². The molecule has 0 bridgehead atoms. The van der Waals surface area contributed by atoms with E-state index in [0.29, 0.717) is 61.0 Å². The molecule has 2 aromatic carbocycles. The van der Waals surface area contributed by atoms with Gasteiger partial charge < -0.3 is 61.4 Å². The molecule has 0 atom stereocenters. The van der Waals surface area contributed by atoms with Crippen molar-refractivity contribution in [3.8, 4) is 0 Å². The van der Waals surface area contributed by atoms with Crippen molar-refractivity contribution in [2.45, 2.75) is 25.9 Å². The lowest BCUT2D eigenvalue weighted by Crippen LogP contribution is -2.41. The van der Waals surface area contributed by atoms with Gasteiger partial charge in [0, 0.05) is 39.3 Å². The van der Waals surface area contributed by atoms with Crippen LogP contribution in [0, 0.1) is 0 Å². The molecule has 0 radical (unpaired) electrons. The van der Waals surface area contributed by atoms with Gasteiger partial charge in [-0.15, -0.1) is 25.3 Å². The number of thiol groups is 2. The number of nitrogens with zero attached hydrogens (tertiary/aromatic N) is 6. The minimum atomic E-state index is 0.151. The molecule has 2 N–H and O–H groups in total. The highest BCUT2D eigenvalue weighted by Crippen LogP contribution is 2.07. The van der Waals surface area contributed by atoms with Gasteiger partial charge in [-0.25, -0.2) is 29.0 Å². The number of benzene rings is 2. The molecule has 2 rings (SSSR count). The molecule has 0 aromatic heterocycles. The predicted molar refractivity (Wildman–Crippen MR) is 200 cm³/mol. The van der Waals surface area contributed by atoms with Gasteiger partial charge in [-0.1, -0.05) is 85.1 Å². The van der Waals surface area contributed by atoms with E-state index in [1.807, 2.05) is 56.4 Å². The lowest BCUT2D eigenvalue weighted by Gasteiger charge is -2.32. The zero-order valence-electron chi connectivity index (χ0n) is 22.9. The molecule has 0 spiro atoms.